The first kappa shape index (κ1) is 16.2. The molecular formula is H3ErO4PY. The van der Waals surface area contributed by atoms with Gasteiger partial charge in [-0.15, -0.1) is 0 Å². The molecule has 0 atom stereocenters. The second kappa shape index (κ2) is 6.58. The van der Waals surface area contributed by atoms with Crippen molar-refractivity contribution in [2.45, 2.75) is 0 Å². The van der Waals surface area contributed by atoms with Crippen LogP contribution in [0.4, 0.5) is 0 Å². The minimum absolute atomic E-state index is 0. The van der Waals surface area contributed by atoms with Crippen molar-refractivity contribution in [1.29, 1.82) is 0 Å². The molecule has 0 amide bonds. The molecule has 0 aromatic rings. The summed E-state index contributed by atoms with van der Waals surface area (Å²) in [6, 6.07) is 0. The maximum Gasteiger partial charge on any atom is 0.466 e. The first-order valence-corrected chi connectivity index (χ1v) is 2.35. The smallest absolute Gasteiger partial charge is 0.303 e. The molecule has 0 aliphatic heterocycles. The molecule has 0 spiro atoms. The van der Waals surface area contributed by atoms with E-state index in [9.17, 15) is 0 Å². The molecule has 0 saturated heterocycles. The molecule has 0 bridgehead atoms. The fraction of sp³-hybridized carbons (Fsp3) is 0. The van der Waals surface area contributed by atoms with E-state index in [1.54, 1.807) is 0 Å². The summed E-state index contributed by atoms with van der Waals surface area (Å²) in [5.41, 5.74) is 0. The van der Waals surface area contributed by atoms with Crippen LogP contribution in [0.15, 0.2) is 0 Å². The Labute approximate surface area is 95.4 Å². The van der Waals surface area contributed by atoms with E-state index in [-0.39, 0.29) is 70.0 Å². The molecule has 0 aromatic carbocycles. The van der Waals surface area contributed by atoms with Gasteiger partial charge in [-0.25, -0.2) is 4.57 Å². The third-order valence-electron chi connectivity index (χ3n) is 0. The zero-order chi connectivity index (χ0) is 4.50. The maximum atomic E-state index is 8.88. The van der Waals surface area contributed by atoms with Gasteiger partial charge in [-0.3, -0.25) is 0 Å². The summed E-state index contributed by atoms with van der Waals surface area (Å²) in [6.07, 6.45) is 0. The number of hydrogen-bond acceptors (Lipinski definition) is 1. The summed E-state index contributed by atoms with van der Waals surface area (Å²) in [5, 5.41) is 0. The van der Waals surface area contributed by atoms with Gasteiger partial charge in [-0.05, 0) is 0 Å². The Bertz CT molecular complexity index is 57.8. The molecule has 0 rings (SSSR count). The molecular weight excluding hydrogens is 351 g/mol. The Hall–Kier alpha value is 2.46. The van der Waals surface area contributed by atoms with E-state index in [0.717, 1.165) is 0 Å². The van der Waals surface area contributed by atoms with Crippen LogP contribution in [-0.4, -0.2) is 14.7 Å². The van der Waals surface area contributed by atoms with Crippen LogP contribution in [0.5, 0.6) is 0 Å². The van der Waals surface area contributed by atoms with E-state index >= 15 is 0 Å². The van der Waals surface area contributed by atoms with E-state index in [0.29, 0.717) is 0 Å². The van der Waals surface area contributed by atoms with Crippen molar-refractivity contribution in [3.63, 3.8) is 0 Å². The third kappa shape index (κ3) is 58.3. The normalized spacial score (nSPS) is 8.43. The van der Waals surface area contributed by atoms with Gasteiger partial charge in [0, 0.05) is 70.0 Å². The van der Waals surface area contributed by atoms with Gasteiger partial charge in [-0.2, -0.15) is 0 Å². The maximum absolute atomic E-state index is 8.88. The molecule has 4 nitrogen and oxygen atoms in total. The second-order valence-corrected chi connectivity index (χ2v) is 1.54. The third-order valence-corrected chi connectivity index (χ3v) is 0. The van der Waals surface area contributed by atoms with Crippen LogP contribution in [0.1, 0.15) is 0 Å². The summed E-state index contributed by atoms with van der Waals surface area (Å²) in [4.78, 5) is 21.6. The standard InChI is InChI=1S/Er.H3O4P.Y/c;1-5(2,3)4;/h;(H3,1,2,3,4);. The van der Waals surface area contributed by atoms with Crippen LogP contribution in [0.2, 0.25) is 0 Å². The summed E-state index contributed by atoms with van der Waals surface area (Å²) in [7, 11) is -4.64. The van der Waals surface area contributed by atoms with Gasteiger partial charge >= 0.3 is 7.82 Å². The molecule has 0 saturated carbocycles. The fourth-order valence-corrected chi connectivity index (χ4v) is 0. The van der Waals surface area contributed by atoms with E-state index in [1.807, 2.05) is 0 Å². The van der Waals surface area contributed by atoms with Gasteiger partial charge in [-0.1, -0.05) is 0 Å². The minimum Gasteiger partial charge on any atom is -0.303 e. The quantitative estimate of drug-likeness (QED) is 0.492. The molecule has 0 fully saturated rings. The molecule has 7 heteroatoms. The number of rotatable bonds is 0. The fourth-order valence-electron chi connectivity index (χ4n) is 0. The summed E-state index contributed by atoms with van der Waals surface area (Å²) in [5.74, 6) is 0. The van der Waals surface area contributed by atoms with Crippen molar-refractivity contribution < 1.29 is 89.3 Å². The second-order valence-electron chi connectivity index (χ2n) is 0.513. The zero-order valence-electron chi connectivity index (χ0n) is 3.06. The van der Waals surface area contributed by atoms with Crippen LogP contribution in [0.25, 0.3) is 0 Å². The predicted molar refractivity (Wildman–Crippen MR) is 14.3 cm³/mol. The number of hydrogen-bond donors (Lipinski definition) is 3. The van der Waals surface area contributed by atoms with E-state index < -0.39 is 7.82 Å². The monoisotopic (exact) mass is 353 g/mol. The van der Waals surface area contributed by atoms with Crippen molar-refractivity contribution in [2.75, 3.05) is 0 Å². The van der Waals surface area contributed by atoms with Crippen LogP contribution >= 0.6 is 7.82 Å². The summed E-state index contributed by atoms with van der Waals surface area (Å²) in [6.45, 7) is 0. The zero-order valence-corrected chi connectivity index (χ0v) is 8.65. The Morgan fingerprint density at radius 2 is 1.14 bits per heavy atom. The molecule has 1 radical (unpaired) electrons. The van der Waals surface area contributed by atoms with Gasteiger partial charge in [0.15, 0.2) is 0 Å². The molecule has 7 heavy (non-hydrogen) atoms. The first-order valence-electron chi connectivity index (χ1n) is 0.783. The molecule has 47 valence electrons. The first-order chi connectivity index (χ1) is 2.00. The predicted octanol–water partition coefficient (Wildman–Crippen LogP) is -0.931. The largest absolute Gasteiger partial charge is 0.466 e. The average Bonchev–Trinajstić information content (AvgIpc) is 0.722. The van der Waals surface area contributed by atoms with E-state index in [2.05, 4.69) is 0 Å². The SMILES string of the molecule is O=P(O)(O)O.[Er].[Y]. The van der Waals surface area contributed by atoms with Crippen LogP contribution < -0.4 is 0 Å². The number of phosphoric acid groups is 1. The summed E-state index contributed by atoms with van der Waals surface area (Å²) >= 11 is 0. The molecule has 0 aliphatic rings. The van der Waals surface area contributed by atoms with Gasteiger partial charge < -0.3 is 14.7 Å². The van der Waals surface area contributed by atoms with E-state index in [1.165, 1.54) is 0 Å². The molecule has 0 unspecified atom stereocenters. The Kier molecular flexibility index (Phi) is 15.2. The van der Waals surface area contributed by atoms with Crippen molar-refractivity contribution in [2.24, 2.45) is 0 Å². The summed E-state index contributed by atoms with van der Waals surface area (Å²) < 4.78 is 8.88. The van der Waals surface area contributed by atoms with Gasteiger partial charge in [0.2, 0.25) is 0 Å². The van der Waals surface area contributed by atoms with E-state index in [4.69, 9.17) is 19.2 Å². The average molecular weight is 354 g/mol. The van der Waals surface area contributed by atoms with Crippen LogP contribution in [0.3, 0.4) is 0 Å². The van der Waals surface area contributed by atoms with Gasteiger partial charge in [0.1, 0.15) is 0 Å². The van der Waals surface area contributed by atoms with Crippen molar-refractivity contribution >= 4 is 7.82 Å². The molecule has 0 aliphatic carbocycles. The molecule has 0 aromatic heterocycles. The van der Waals surface area contributed by atoms with Crippen LogP contribution in [0, 0.1) is 37.3 Å². The molecule has 0 heterocycles. The van der Waals surface area contributed by atoms with Crippen molar-refractivity contribution in [3.8, 4) is 0 Å². The van der Waals surface area contributed by atoms with Crippen LogP contribution in [-0.2, 0) is 37.3 Å². The van der Waals surface area contributed by atoms with Crippen molar-refractivity contribution in [3.05, 3.63) is 0 Å². The van der Waals surface area contributed by atoms with Crippen molar-refractivity contribution in [1.82, 2.24) is 0 Å². The Morgan fingerprint density at radius 3 is 1.14 bits per heavy atom. The molecule has 3 N–H and O–H groups in total. The topological polar surface area (TPSA) is 77.8 Å². The Balaban J connectivity index is -0.0000000800. The minimum atomic E-state index is -4.64. The van der Waals surface area contributed by atoms with Gasteiger partial charge in [0.05, 0.1) is 0 Å². The Morgan fingerprint density at radius 1 is 1.14 bits per heavy atom. The van der Waals surface area contributed by atoms with Gasteiger partial charge in [0.25, 0.3) is 0 Å².